The molecule has 5 N–H and O–H groups in total. The normalized spacial score (nSPS) is 11.9. The van der Waals surface area contributed by atoms with Crippen LogP contribution < -0.4 is 16.8 Å². The van der Waals surface area contributed by atoms with Crippen LogP contribution in [0.3, 0.4) is 0 Å². The first-order valence-electron chi connectivity index (χ1n) is 6.95. The highest BCUT2D eigenvalue weighted by Crippen LogP contribution is 2.36. The van der Waals surface area contributed by atoms with Crippen LogP contribution in [0.25, 0.3) is 0 Å². The van der Waals surface area contributed by atoms with Crippen molar-refractivity contribution >= 4 is 0 Å². The van der Waals surface area contributed by atoms with Crippen molar-refractivity contribution in [2.24, 2.45) is 11.5 Å². The Morgan fingerprint density at radius 3 is 1.61 bits per heavy atom. The van der Waals surface area contributed by atoms with Crippen LogP contribution in [-0.4, -0.2) is 19.6 Å². The minimum Gasteiger partial charge on any atom is -0.330 e. The molecule has 0 aliphatic rings. The number of nitrogens with one attached hydrogen (secondary N) is 1. The molecule has 9 heteroatoms. The van der Waals surface area contributed by atoms with Gasteiger partial charge in [0.15, 0.2) is 0 Å². The van der Waals surface area contributed by atoms with Crippen molar-refractivity contribution in [3.8, 4) is 0 Å². The molecule has 1 aromatic carbocycles. The summed E-state index contributed by atoms with van der Waals surface area (Å²) in [5.74, 6) is 0. The van der Waals surface area contributed by atoms with E-state index >= 15 is 0 Å². The summed E-state index contributed by atoms with van der Waals surface area (Å²) >= 11 is 0. The fraction of sp³-hybridized carbons (Fsp3) is 0.571. The lowest BCUT2D eigenvalue weighted by atomic mass is 10.0. The SMILES string of the molecule is CCCN.NCCNCc1cc(C(F)(F)F)cc(C(F)(F)F)c1. The third-order valence-electron chi connectivity index (χ3n) is 2.59. The Hall–Kier alpha value is -1.32. The van der Waals surface area contributed by atoms with Gasteiger partial charge in [0.25, 0.3) is 0 Å². The van der Waals surface area contributed by atoms with Gasteiger partial charge in [0, 0.05) is 19.6 Å². The first-order valence-corrected chi connectivity index (χ1v) is 6.95. The van der Waals surface area contributed by atoms with Crippen molar-refractivity contribution in [3.63, 3.8) is 0 Å². The predicted octanol–water partition coefficient (Wildman–Crippen LogP) is 3.13. The molecule has 0 unspecified atom stereocenters. The lowest BCUT2D eigenvalue weighted by Crippen LogP contribution is -2.22. The fourth-order valence-corrected chi connectivity index (χ4v) is 1.46. The maximum atomic E-state index is 12.5. The minimum absolute atomic E-state index is 0.0874. The Labute approximate surface area is 131 Å². The third kappa shape index (κ3) is 8.77. The van der Waals surface area contributed by atoms with Gasteiger partial charge in [-0.1, -0.05) is 6.92 Å². The van der Waals surface area contributed by atoms with Crippen LogP contribution in [0.4, 0.5) is 26.3 Å². The molecule has 134 valence electrons. The molecular weight excluding hydrogens is 324 g/mol. The van der Waals surface area contributed by atoms with E-state index in [1.165, 1.54) is 0 Å². The van der Waals surface area contributed by atoms with Crippen LogP contribution in [0.15, 0.2) is 18.2 Å². The Kier molecular flexibility index (Phi) is 9.18. The zero-order valence-corrected chi connectivity index (χ0v) is 12.7. The molecule has 0 aliphatic carbocycles. The summed E-state index contributed by atoms with van der Waals surface area (Å²) < 4.78 is 75.1. The van der Waals surface area contributed by atoms with Crippen molar-refractivity contribution in [1.29, 1.82) is 0 Å². The topological polar surface area (TPSA) is 64.1 Å². The average Bonchev–Trinajstić information content (AvgIpc) is 2.46. The fourth-order valence-electron chi connectivity index (χ4n) is 1.46. The molecule has 0 bridgehead atoms. The highest BCUT2D eigenvalue weighted by Gasteiger charge is 2.36. The Morgan fingerprint density at radius 1 is 0.870 bits per heavy atom. The predicted molar refractivity (Wildman–Crippen MR) is 76.6 cm³/mol. The number of halogens is 6. The third-order valence-corrected chi connectivity index (χ3v) is 2.59. The van der Waals surface area contributed by atoms with Crippen LogP contribution >= 0.6 is 0 Å². The van der Waals surface area contributed by atoms with E-state index in [0.717, 1.165) is 13.0 Å². The summed E-state index contributed by atoms with van der Waals surface area (Å²) in [6, 6.07) is 1.49. The van der Waals surface area contributed by atoms with Crippen LogP contribution in [0, 0.1) is 0 Å². The molecule has 0 spiro atoms. The molecule has 1 aromatic rings. The second-order valence-electron chi connectivity index (χ2n) is 4.67. The highest BCUT2D eigenvalue weighted by molar-refractivity contribution is 5.33. The van der Waals surface area contributed by atoms with Gasteiger partial charge in [0.2, 0.25) is 0 Å². The van der Waals surface area contributed by atoms with Gasteiger partial charge in [-0.2, -0.15) is 26.3 Å². The molecule has 0 atom stereocenters. The molecule has 23 heavy (non-hydrogen) atoms. The zero-order valence-electron chi connectivity index (χ0n) is 12.7. The summed E-state index contributed by atoms with van der Waals surface area (Å²) in [5.41, 5.74) is 7.48. The van der Waals surface area contributed by atoms with E-state index < -0.39 is 23.5 Å². The molecule has 0 saturated carbocycles. The first kappa shape index (κ1) is 21.7. The van der Waals surface area contributed by atoms with Gasteiger partial charge < -0.3 is 16.8 Å². The summed E-state index contributed by atoms with van der Waals surface area (Å²) in [4.78, 5) is 0. The van der Waals surface area contributed by atoms with Gasteiger partial charge >= 0.3 is 12.4 Å². The lowest BCUT2D eigenvalue weighted by molar-refractivity contribution is -0.143. The number of rotatable bonds is 5. The number of alkyl halides is 6. The molecular formula is C14H21F6N3. The average molecular weight is 345 g/mol. The standard InChI is InChI=1S/C11H12F6N2.C3H9N/c12-10(13,14)8-3-7(6-19-2-1-18)4-9(5-8)11(15,16)17;1-2-3-4/h3-5,19H,1-2,6,18H2;2-4H2,1H3. The van der Waals surface area contributed by atoms with Gasteiger partial charge in [-0.25, -0.2) is 0 Å². The lowest BCUT2D eigenvalue weighted by Gasteiger charge is -2.14. The maximum absolute atomic E-state index is 12.5. The molecule has 0 heterocycles. The second kappa shape index (κ2) is 9.74. The quantitative estimate of drug-likeness (QED) is 0.567. The molecule has 3 nitrogen and oxygen atoms in total. The number of benzene rings is 1. The molecule has 0 saturated heterocycles. The Balaban J connectivity index is 0.00000108. The molecule has 0 radical (unpaired) electrons. The zero-order chi connectivity index (χ0) is 18.1. The monoisotopic (exact) mass is 345 g/mol. The van der Waals surface area contributed by atoms with Gasteiger partial charge in [-0.05, 0) is 36.7 Å². The van der Waals surface area contributed by atoms with E-state index in [1.807, 2.05) is 0 Å². The van der Waals surface area contributed by atoms with E-state index in [1.54, 1.807) is 0 Å². The van der Waals surface area contributed by atoms with Crippen LogP contribution in [0.2, 0.25) is 0 Å². The number of hydrogen-bond donors (Lipinski definition) is 3. The Morgan fingerprint density at radius 2 is 1.30 bits per heavy atom. The van der Waals surface area contributed by atoms with Crippen molar-refractivity contribution in [2.45, 2.75) is 32.2 Å². The van der Waals surface area contributed by atoms with Gasteiger partial charge in [0.05, 0.1) is 11.1 Å². The summed E-state index contributed by atoms with van der Waals surface area (Å²) in [6.07, 6.45) is -8.53. The van der Waals surface area contributed by atoms with Crippen LogP contribution in [-0.2, 0) is 18.9 Å². The number of hydrogen-bond acceptors (Lipinski definition) is 3. The molecule has 0 aliphatic heterocycles. The van der Waals surface area contributed by atoms with Gasteiger partial charge in [0.1, 0.15) is 0 Å². The van der Waals surface area contributed by atoms with Crippen molar-refractivity contribution < 1.29 is 26.3 Å². The largest absolute Gasteiger partial charge is 0.416 e. The second-order valence-corrected chi connectivity index (χ2v) is 4.67. The van der Waals surface area contributed by atoms with Crippen molar-refractivity contribution in [2.75, 3.05) is 19.6 Å². The van der Waals surface area contributed by atoms with E-state index in [9.17, 15) is 26.3 Å². The summed E-state index contributed by atoms with van der Waals surface area (Å²) in [5, 5.41) is 2.65. The van der Waals surface area contributed by atoms with Crippen LogP contribution in [0.5, 0.6) is 0 Å². The van der Waals surface area contributed by atoms with Gasteiger partial charge in [-0.15, -0.1) is 0 Å². The molecule has 0 aromatic heterocycles. The van der Waals surface area contributed by atoms with E-state index in [4.69, 9.17) is 11.5 Å². The highest BCUT2D eigenvalue weighted by atomic mass is 19.4. The summed E-state index contributed by atoms with van der Waals surface area (Å²) in [6.45, 7) is 3.31. The first-order chi connectivity index (χ1) is 10.6. The minimum atomic E-state index is -4.82. The smallest absolute Gasteiger partial charge is 0.330 e. The van der Waals surface area contributed by atoms with E-state index in [0.29, 0.717) is 18.7 Å². The van der Waals surface area contributed by atoms with Crippen molar-refractivity contribution in [3.05, 3.63) is 34.9 Å². The molecule has 0 fully saturated rings. The summed E-state index contributed by atoms with van der Waals surface area (Å²) in [7, 11) is 0. The van der Waals surface area contributed by atoms with Crippen LogP contribution in [0.1, 0.15) is 30.0 Å². The van der Waals surface area contributed by atoms with E-state index in [2.05, 4.69) is 12.2 Å². The molecule has 0 amide bonds. The van der Waals surface area contributed by atoms with E-state index in [-0.39, 0.29) is 24.7 Å². The van der Waals surface area contributed by atoms with Crippen molar-refractivity contribution in [1.82, 2.24) is 5.32 Å². The molecule has 1 rings (SSSR count). The van der Waals surface area contributed by atoms with Gasteiger partial charge in [-0.3, -0.25) is 0 Å². The number of nitrogens with two attached hydrogens (primary N) is 2. The maximum Gasteiger partial charge on any atom is 0.416 e. The Bertz CT molecular complexity index is 423.